The van der Waals surface area contributed by atoms with Gasteiger partial charge in [-0.3, -0.25) is 0 Å². The summed E-state index contributed by atoms with van der Waals surface area (Å²) in [5, 5.41) is 9.45. The van der Waals surface area contributed by atoms with Crippen LogP contribution in [0.1, 0.15) is 5.56 Å². The van der Waals surface area contributed by atoms with Gasteiger partial charge in [0.05, 0.1) is 7.11 Å². The molecule has 7 heteroatoms. The Hall–Kier alpha value is -1.63. The fourth-order valence-corrected chi connectivity index (χ4v) is 2.14. The molecule has 1 aromatic carbocycles. The first-order chi connectivity index (χ1) is 6.94. The van der Waals surface area contributed by atoms with Crippen molar-refractivity contribution in [1.29, 1.82) is 0 Å². The van der Waals surface area contributed by atoms with Gasteiger partial charge in [-0.15, -0.1) is 8.42 Å². The van der Waals surface area contributed by atoms with Crippen LogP contribution in [-0.2, 0) is 10.4 Å². The molecule has 0 saturated heterocycles. The van der Waals surface area contributed by atoms with Crippen molar-refractivity contribution < 1.29 is 26.6 Å². The minimum absolute atomic E-state index is 0.0249. The quantitative estimate of drug-likeness (QED) is 0.768. The van der Waals surface area contributed by atoms with E-state index in [2.05, 4.69) is 8.37 Å². The third kappa shape index (κ3) is 1.44. The maximum Gasteiger partial charge on any atom is 0.501 e. The summed E-state index contributed by atoms with van der Waals surface area (Å²) < 4.78 is 36.1. The fourth-order valence-electron chi connectivity index (χ4n) is 1.31. The Balaban J connectivity index is 2.73. The zero-order chi connectivity index (χ0) is 11.2. The van der Waals surface area contributed by atoms with Crippen LogP contribution in [-0.4, -0.2) is 20.6 Å². The molecule has 0 radical (unpaired) electrons. The summed E-state index contributed by atoms with van der Waals surface area (Å²) in [4.78, 5) is 0. The number of methoxy groups -OCH3 is 1. The summed E-state index contributed by atoms with van der Waals surface area (Å²) in [5.41, 5.74) is 0.458. The number of phenolic OH excluding ortho intramolecular Hbond substituents is 1. The molecule has 0 saturated carbocycles. The Bertz CT molecular complexity index is 518. The van der Waals surface area contributed by atoms with Crippen LogP contribution < -0.4 is 13.1 Å². The summed E-state index contributed by atoms with van der Waals surface area (Å²) in [6, 6.07) is 1.16. The number of hydrogen-bond acceptors (Lipinski definition) is 6. The van der Waals surface area contributed by atoms with Crippen LogP contribution >= 0.6 is 0 Å². The third-order valence-electron chi connectivity index (χ3n) is 2.00. The fraction of sp³-hybridized carbons (Fsp3) is 0.250. The second kappa shape index (κ2) is 2.93. The smallest absolute Gasteiger partial charge is 0.501 e. The molecule has 1 N–H and O–H groups in total. The number of ether oxygens (including phenoxy) is 1. The van der Waals surface area contributed by atoms with Gasteiger partial charge in [0.2, 0.25) is 5.75 Å². The molecule has 0 aliphatic carbocycles. The number of fused-ring (bicyclic) bond motifs is 2. The summed E-state index contributed by atoms with van der Waals surface area (Å²) in [6.45, 7) is 1.60. The topological polar surface area (TPSA) is 82.1 Å². The van der Waals surface area contributed by atoms with Crippen LogP contribution in [0.2, 0.25) is 0 Å². The number of hydrogen-bond donors (Lipinski definition) is 1. The van der Waals surface area contributed by atoms with Crippen LogP contribution in [0.5, 0.6) is 23.0 Å². The van der Waals surface area contributed by atoms with Crippen molar-refractivity contribution >= 4 is 10.4 Å². The van der Waals surface area contributed by atoms with Crippen molar-refractivity contribution in [3.8, 4) is 23.0 Å². The number of benzene rings is 1. The first kappa shape index (κ1) is 9.91. The molecule has 0 aromatic heterocycles. The standard InChI is InChI=1S/C8H8O6S/c1-4-6-3-5(9)8(12-2)7(4)14-15(10,11)13-6/h3,9H,1-2H3. The average molecular weight is 232 g/mol. The van der Waals surface area contributed by atoms with Gasteiger partial charge in [0, 0.05) is 11.6 Å². The lowest BCUT2D eigenvalue weighted by Crippen LogP contribution is -2.22. The molecule has 1 aliphatic heterocycles. The Kier molecular flexibility index (Phi) is 1.93. The number of aromatic hydroxyl groups is 1. The molecule has 2 bridgehead atoms. The summed E-state index contributed by atoms with van der Waals surface area (Å²) in [6.07, 6.45) is 0. The maximum absolute atomic E-state index is 11.1. The molecule has 1 aromatic rings. The average Bonchev–Trinajstić information content (AvgIpc) is 2.10. The number of rotatable bonds is 1. The molecule has 0 amide bonds. The van der Waals surface area contributed by atoms with E-state index in [0.29, 0.717) is 5.56 Å². The van der Waals surface area contributed by atoms with Gasteiger partial charge in [-0.05, 0) is 6.92 Å². The van der Waals surface area contributed by atoms with Gasteiger partial charge < -0.3 is 18.2 Å². The molecule has 0 atom stereocenters. The molecule has 82 valence electrons. The number of phenols is 1. The van der Waals surface area contributed by atoms with Crippen molar-refractivity contribution in [2.45, 2.75) is 6.92 Å². The minimum atomic E-state index is -4.09. The SMILES string of the molecule is COc1c(O)cc2c(C)c1OS(=O)(=O)O2. The minimum Gasteiger partial charge on any atom is -0.504 e. The van der Waals surface area contributed by atoms with Crippen molar-refractivity contribution in [3.63, 3.8) is 0 Å². The van der Waals surface area contributed by atoms with Gasteiger partial charge in [0.1, 0.15) is 0 Å². The second-order valence-corrected chi connectivity index (χ2v) is 4.11. The van der Waals surface area contributed by atoms with Crippen LogP contribution in [0.25, 0.3) is 0 Å². The van der Waals surface area contributed by atoms with Crippen LogP contribution in [0.3, 0.4) is 0 Å². The van der Waals surface area contributed by atoms with E-state index >= 15 is 0 Å². The van der Waals surface area contributed by atoms with Crippen LogP contribution in [0.4, 0.5) is 0 Å². The van der Waals surface area contributed by atoms with E-state index in [0.717, 1.165) is 6.07 Å². The van der Waals surface area contributed by atoms with Gasteiger partial charge in [-0.25, -0.2) is 0 Å². The van der Waals surface area contributed by atoms with Gasteiger partial charge in [-0.1, -0.05) is 0 Å². The lowest BCUT2D eigenvalue weighted by atomic mass is 10.1. The van der Waals surface area contributed by atoms with Crippen molar-refractivity contribution in [1.82, 2.24) is 0 Å². The monoisotopic (exact) mass is 232 g/mol. The van der Waals surface area contributed by atoms with E-state index in [1.165, 1.54) is 7.11 Å². The first-order valence-corrected chi connectivity index (χ1v) is 5.32. The van der Waals surface area contributed by atoms with E-state index in [1.54, 1.807) is 6.92 Å². The predicted molar refractivity (Wildman–Crippen MR) is 49.6 cm³/mol. The predicted octanol–water partition coefficient (Wildman–Crippen LogP) is 0.725. The highest BCUT2D eigenvalue weighted by atomic mass is 32.3. The zero-order valence-electron chi connectivity index (χ0n) is 7.97. The van der Waals surface area contributed by atoms with Gasteiger partial charge >= 0.3 is 10.4 Å². The highest BCUT2D eigenvalue weighted by Crippen LogP contribution is 2.47. The highest BCUT2D eigenvalue weighted by Gasteiger charge is 2.31. The molecule has 6 nitrogen and oxygen atoms in total. The van der Waals surface area contributed by atoms with Crippen molar-refractivity contribution in [2.24, 2.45) is 0 Å². The van der Waals surface area contributed by atoms with Gasteiger partial charge in [-0.2, -0.15) is 0 Å². The Morgan fingerprint density at radius 1 is 1.40 bits per heavy atom. The lowest BCUT2D eigenvalue weighted by molar-refractivity contribution is 0.327. The lowest BCUT2D eigenvalue weighted by Gasteiger charge is -2.20. The highest BCUT2D eigenvalue weighted by molar-refractivity contribution is 7.82. The summed E-state index contributed by atoms with van der Waals surface area (Å²) >= 11 is 0. The van der Waals surface area contributed by atoms with Crippen LogP contribution in [0, 0.1) is 6.92 Å². The largest absolute Gasteiger partial charge is 0.504 e. The van der Waals surface area contributed by atoms with Crippen LogP contribution in [0.15, 0.2) is 6.07 Å². The molecular weight excluding hydrogens is 224 g/mol. The molecule has 1 aliphatic rings. The molecule has 0 spiro atoms. The van der Waals surface area contributed by atoms with Gasteiger partial charge in [0.25, 0.3) is 0 Å². The third-order valence-corrected chi connectivity index (χ3v) is 2.75. The second-order valence-electron chi connectivity index (χ2n) is 2.96. The molecule has 15 heavy (non-hydrogen) atoms. The van der Waals surface area contributed by atoms with E-state index < -0.39 is 10.4 Å². The summed E-state index contributed by atoms with van der Waals surface area (Å²) in [5.74, 6) is -0.264. The van der Waals surface area contributed by atoms with E-state index in [4.69, 9.17) is 4.74 Å². The van der Waals surface area contributed by atoms with E-state index in [1.807, 2.05) is 0 Å². The Morgan fingerprint density at radius 2 is 2.07 bits per heavy atom. The molecule has 2 rings (SSSR count). The summed E-state index contributed by atoms with van der Waals surface area (Å²) in [7, 11) is -2.79. The van der Waals surface area contributed by atoms with E-state index in [9.17, 15) is 13.5 Å². The molecule has 1 heterocycles. The van der Waals surface area contributed by atoms with Gasteiger partial charge in [0.15, 0.2) is 17.2 Å². The first-order valence-electron chi connectivity index (χ1n) is 3.99. The Labute approximate surface area is 86.3 Å². The normalized spacial score (nSPS) is 16.4. The molecular formula is C8H8O6S. The maximum atomic E-state index is 11.1. The van der Waals surface area contributed by atoms with E-state index in [-0.39, 0.29) is 23.0 Å². The molecule has 0 unspecified atom stereocenters. The van der Waals surface area contributed by atoms with Crippen molar-refractivity contribution in [2.75, 3.05) is 7.11 Å². The van der Waals surface area contributed by atoms with Crippen molar-refractivity contribution in [3.05, 3.63) is 11.6 Å². The zero-order valence-corrected chi connectivity index (χ0v) is 8.79. The Morgan fingerprint density at radius 3 is 2.67 bits per heavy atom. The molecule has 0 fully saturated rings.